The molecule has 0 spiro atoms. The lowest BCUT2D eigenvalue weighted by Gasteiger charge is -2.37. The first-order chi connectivity index (χ1) is 9.26. The van der Waals surface area contributed by atoms with E-state index in [1.165, 1.54) is 16.4 Å². The van der Waals surface area contributed by atoms with Gasteiger partial charge in [-0.2, -0.15) is 4.31 Å². The van der Waals surface area contributed by atoms with Crippen molar-refractivity contribution in [3.63, 3.8) is 0 Å². The summed E-state index contributed by atoms with van der Waals surface area (Å²) in [6, 6.07) is 2.92. The first kappa shape index (κ1) is 15.5. The van der Waals surface area contributed by atoms with Crippen LogP contribution in [0.1, 0.15) is 45.3 Å². The third kappa shape index (κ3) is 3.07. The first-order valence-electron chi connectivity index (χ1n) is 6.94. The number of sulfonamides is 1. The summed E-state index contributed by atoms with van der Waals surface area (Å²) in [5.74, 6) is 0.266. The van der Waals surface area contributed by atoms with Crippen molar-refractivity contribution in [1.29, 1.82) is 0 Å². The van der Waals surface area contributed by atoms with Crippen molar-refractivity contribution in [1.82, 2.24) is 4.31 Å². The fourth-order valence-electron chi connectivity index (χ4n) is 2.67. The van der Waals surface area contributed by atoms with Gasteiger partial charge in [0.25, 0.3) is 10.0 Å². The molecular weight excluding hydrogens is 278 g/mol. The number of rotatable bonds is 4. The number of hydrogen-bond acceptors (Lipinski definition) is 4. The molecule has 5 nitrogen and oxygen atoms in total. The van der Waals surface area contributed by atoms with Crippen LogP contribution in [0.2, 0.25) is 0 Å². The van der Waals surface area contributed by atoms with Gasteiger partial charge in [0.1, 0.15) is 12.4 Å². The van der Waals surface area contributed by atoms with Crippen LogP contribution in [0, 0.1) is 5.41 Å². The zero-order valence-electron chi connectivity index (χ0n) is 12.3. The molecule has 0 atom stereocenters. The summed E-state index contributed by atoms with van der Waals surface area (Å²) in [5, 5.41) is 8.87. The van der Waals surface area contributed by atoms with Gasteiger partial charge in [-0.1, -0.05) is 13.8 Å². The van der Waals surface area contributed by atoms with Crippen LogP contribution < -0.4 is 0 Å². The number of hydrogen-bond donors (Lipinski definition) is 1. The van der Waals surface area contributed by atoms with Crippen molar-refractivity contribution in [3.05, 3.63) is 17.9 Å². The lowest BCUT2D eigenvalue weighted by atomic mass is 9.76. The van der Waals surface area contributed by atoms with Crippen LogP contribution in [0.4, 0.5) is 0 Å². The minimum atomic E-state index is -3.61. The van der Waals surface area contributed by atoms with Crippen molar-refractivity contribution in [2.24, 2.45) is 5.41 Å². The summed E-state index contributed by atoms with van der Waals surface area (Å²) in [6.07, 6.45) is 3.79. The Balaban J connectivity index is 2.13. The Morgan fingerprint density at radius 2 is 1.95 bits per heavy atom. The van der Waals surface area contributed by atoms with Gasteiger partial charge < -0.3 is 9.52 Å². The van der Waals surface area contributed by atoms with Gasteiger partial charge in [0.2, 0.25) is 5.09 Å². The molecule has 1 aliphatic carbocycles. The zero-order chi connectivity index (χ0) is 15.0. The smallest absolute Gasteiger partial charge is 0.276 e. The standard InChI is InChI=1S/C14H23NO4S/c1-14(2)8-6-11(7-9-14)15(3)20(17,18)13-5-4-12(10-16)19-13/h4-5,11,16H,6-10H2,1-3H3. The van der Waals surface area contributed by atoms with E-state index >= 15 is 0 Å². The molecule has 0 amide bonds. The molecule has 1 saturated carbocycles. The Morgan fingerprint density at radius 1 is 1.35 bits per heavy atom. The summed E-state index contributed by atoms with van der Waals surface area (Å²) in [5.41, 5.74) is 0.301. The lowest BCUT2D eigenvalue weighted by Crippen LogP contribution is -2.40. The highest BCUT2D eigenvalue weighted by Crippen LogP contribution is 2.37. The van der Waals surface area contributed by atoms with Gasteiger partial charge in [0.05, 0.1) is 0 Å². The maximum absolute atomic E-state index is 12.5. The molecule has 1 N–H and O–H groups in total. The summed E-state index contributed by atoms with van der Waals surface area (Å²) < 4.78 is 31.5. The van der Waals surface area contributed by atoms with Gasteiger partial charge in [-0.3, -0.25) is 0 Å². The molecule has 114 valence electrons. The highest BCUT2D eigenvalue weighted by molar-refractivity contribution is 7.89. The van der Waals surface area contributed by atoms with Crippen molar-refractivity contribution in [3.8, 4) is 0 Å². The second-order valence-corrected chi connectivity index (χ2v) is 8.22. The van der Waals surface area contributed by atoms with E-state index in [0.717, 1.165) is 25.7 Å². The Bertz CT molecular complexity index is 551. The maximum atomic E-state index is 12.5. The summed E-state index contributed by atoms with van der Waals surface area (Å²) in [7, 11) is -2.00. The average Bonchev–Trinajstić information content (AvgIpc) is 2.87. The van der Waals surface area contributed by atoms with Crippen LogP contribution in [0.15, 0.2) is 21.6 Å². The van der Waals surface area contributed by atoms with E-state index in [1.54, 1.807) is 7.05 Å². The molecule has 0 saturated heterocycles. The van der Waals surface area contributed by atoms with Gasteiger partial charge in [0.15, 0.2) is 0 Å². The zero-order valence-corrected chi connectivity index (χ0v) is 13.1. The minimum Gasteiger partial charge on any atom is -0.446 e. The molecule has 20 heavy (non-hydrogen) atoms. The largest absolute Gasteiger partial charge is 0.446 e. The average molecular weight is 301 g/mol. The molecule has 0 radical (unpaired) electrons. The highest BCUT2D eigenvalue weighted by Gasteiger charge is 2.35. The first-order valence-corrected chi connectivity index (χ1v) is 8.38. The maximum Gasteiger partial charge on any atom is 0.276 e. The molecule has 0 bridgehead atoms. The van der Waals surface area contributed by atoms with E-state index in [2.05, 4.69) is 13.8 Å². The summed E-state index contributed by atoms with van der Waals surface area (Å²) in [4.78, 5) is 0. The summed E-state index contributed by atoms with van der Waals surface area (Å²) >= 11 is 0. The van der Waals surface area contributed by atoms with E-state index in [1.807, 2.05) is 0 Å². The van der Waals surface area contributed by atoms with Crippen LogP contribution in [0.3, 0.4) is 0 Å². The monoisotopic (exact) mass is 301 g/mol. The van der Waals surface area contributed by atoms with E-state index in [-0.39, 0.29) is 23.5 Å². The Morgan fingerprint density at radius 3 is 2.45 bits per heavy atom. The Kier molecular flexibility index (Phi) is 4.27. The van der Waals surface area contributed by atoms with Gasteiger partial charge in [-0.25, -0.2) is 8.42 Å². The van der Waals surface area contributed by atoms with Crippen molar-refractivity contribution in [2.75, 3.05) is 7.05 Å². The lowest BCUT2D eigenvalue weighted by molar-refractivity contribution is 0.172. The molecular formula is C14H23NO4S. The minimum absolute atomic E-state index is 0.0238. The van der Waals surface area contributed by atoms with Gasteiger partial charge in [-0.15, -0.1) is 0 Å². The fraction of sp³-hybridized carbons (Fsp3) is 0.714. The number of furan rings is 1. The van der Waals surface area contributed by atoms with Crippen LogP contribution in [0.25, 0.3) is 0 Å². The fourth-order valence-corrected chi connectivity index (χ4v) is 4.01. The highest BCUT2D eigenvalue weighted by atomic mass is 32.2. The van der Waals surface area contributed by atoms with Crippen molar-refractivity contribution >= 4 is 10.0 Å². The molecule has 1 aliphatic rings. The van der Waals surface area contributed by atoms with Crippen molar-refractivity contribution < 1.29 is 17.9 Å². The van der Waals surface area contributed by atoms with Crippen molar-refractivity contribution in [2.45, 2.75) is 57.3 Å². The van der Waals surface area contributed by atoms with E-state index < -0.39 is 10.0 Å². The van der Waals surface area contributed by atoms with Crippen LogP contribution in [-0.4, -0.2) is 30.9 Å². The third-order valence-electron chi connectivity index (χ3n) is 4.25. The van der Waals surface area contributed by atoms with Gasteiger partial charge in [0, 0.05) is 13.1 Å². The van der Waals surface area contributed by atoms with E-state index in [9.17, 15) is 8.42 Å². The number of aliphatic hydroxyl groups excluding tert-OH is 1. The molecule has 0 aromatic carbocycles. The van der Waals surface area contributed by atoms with E-state index in [4.69, 9.17) is 9.52 Å². The molecule has 1 aromatic rings. The molecule has 1 aromatic heterocycles. The van der Waals surface area contributed by atoms with Crippen LogP contribution in [0.5, 0.6) is 0 Å². The number of aliphatic hydroxyl groups is 1. The number of nitrogens with zero attached hydrogens (tertiary/aromatic N) is 1. The molecule has 0 unspecified atom stereocenters. The molecule has 1 fully saturated rings. The summed E-state index contributed by atoms with van der Waals surface area (Å²) in [6.45, 7) is 4.15. The van der Waals surface area contributed by atoms with Gasteiger partial charge >= 0.3 is 0 Å². The van der Waals surface area contributed by atoms with E-state index in [0.29, 0.717) is 5.41 Å². The second kappa shape index (κ2) is 5.50. The Hall–Kier alpha value is -0.850. The SMILES string of the molecule is CN(C1CCC(C)(C)CC1)S(=O)(=O)c1ccc(CO)o1. The van der Waals surface area contributed by atoms with Gasteiger partial charge in [-0.05, 0) is 43.2 Å². The molecule has 1 heterocycles. The topological polar surface area (TPSA) is 70.8 Å². The quantitative estimate of drug-likeness (QED) is 0.926. The molecule has 2 rings (SSSR count). The molecule has 0 aliphatic heterocycles. The Labute approximate surface area is 120 Å². The second-order valence-electron chi connectivity index (χ2n) is 6.30. The van der Waals surface area contributed by atoms with Crippen LogP contribution >= 0.6 is 0 Å². The predicted molar refractivity (Wildman–Crippen MR) is 75.6 cm³/mol. The van der Waals surface area contributed by atoms with Crippen LogP contribution in [-0.2, 0) is 16.6 Å². The predicted octanol–water partition coefficient (Wildman–Crippen LogP) is 2.36. The third-order valence-corrected chi connectivity index (χ3v) is 6.03. The normalized spacial score (nSPS) is 20.4. The molecule has 6 heteroatoms.